The minimum Gasteiger partial charge on any atom is -0.508 e. The van der Waals surface area contributed by atoms with Crippen molar-refractivity contribution in [1.82, 2.24) is 5.32 Å². The molecule has 2 N–H and O–H groups in total. The topological polar surface area (TPSA) is 58.6 Å². The number of nitrogens with one attached hydrogen (secondary N) is 1. The Morgan fingerprint density at radius 1 is 1.39 bits per heavy atom. The van der Waals surface area contributed by atoms with E-state index in [9.17, 15) is 9.82 Å². The molecule has 0 bridgehead atoms. The number of hydrogen-bond acceptors (Lipinski definition) is 4. The van der Waals surface area contributed by atoms with Crippen LogP contribution in [0, 0.1) is 5.41 Å². The molecular weight excluding hydrogens is 229 g/mol. The smallest absolute Gasteiger partial charge is 0.508 e. The molecule has 0 amide bonds. The average Bonchev–Trinajstić information content (AvgIpc) is 2.75. The van der Waals surface area contributed by atoms with Gasteiger partial charge in [0, 0.05) is 6.54 Å². The normalized spacial score (nSPS) is 32.2. The van der Waals surface area contributed by atoms with Crippen LogP contribution in [0.1, 0.15) is 52.4 Å². The molecule has 2 aliphatic heterocycles. The number of rotatable bonds is 2. The molecule has 2 saturated heterocycles. The van der Waals surface area contributed by atoms with Crippen LogP contribution in [0.15, 0.2) is 0 Å². The molecule has 102 valence electrons. The molecule has 1 atom stereocenters. The SMILES string of the molecule is CCC1(CC)CN[C@]2(CCCCB(O)OC2=O)C1. The molecule has 0 radical (unpaired) electrons. The molecule has 1 spiro atoms. The lowest BCUT2D eigenvalue weighted by molar-refractivity contribution is -0.143. The summed E-state index contributed by atoms with van der Waals surface area (Å²) in [6.45, 7) is 5.26. The molecule has 0 aromatic heterocycles. The Balaban J connectivity index is 2.16. The number of carbonyl (C=O) groups excluding carboxylic acids is 1. The van der Waals surface area contributed by atoms with Crippen molar-refractivity contribution in [3.8, 4) is 0 Å². The van der Waals surface area contributed by atoms with Crippen molar-refractivity contribution >= 4 is 13.1 Å². The zero-order chi connectivity index (χ0) is 13.2. The van der Waals surface area contributed by atoms with Crippen LogP contribution in [-0.4, -0.2) is 30.2 Å². The molecule has 0 aromatic rings. The van der Waals surface area contributed by atoms with Gasteiger partial charge in [-0.25, -0.2) is 0 Å². The second-order valence-electron chi connectivity index (χ2n) is 5.93. The van der Waals surface area contributed by atoms with Crippen molar-refractivity contribution in [2.75, 3.05) is 6.54 Å². The molecule has 0 aromatic carbocycles. The van der Waals surface area contributed by atoms with E-state index in [4.69, 9.17) is 4.65 Å². The predicted octanol–water partition coefficient (Wildman–Crippen LogP) is 1.73. The van der Waals surface area contributed by atoms with E-state index in [1.807, 2.05) is 0 Å². The van der Waals surface area contributed by atoms with Crippen molar-refractivity contribution in [3.63, 3.8) is 0 Å². The summed E-state index contributed by atoms with van der Waals surface area (Å²) >= 11 is 0. The van der Waals surface area contributed by atoms with Crippen LogP contribution < -0.4 is 5.32 Å². The highest BCUT2D eigenvalue weighted by atomic mass is 16.6. The van der Waals surface area contributed by atoms with Crippen LogP contribution in [0.4, 0.5) is 0 Å². The maximum Gasteiger partial charge on any atom is 0.524 e. The van der Waals surface area contributed by atoms with Gasteiger partial charge in [0.05, 0.1) is 0 Å². The molecule has 2 rings (SSSR count). The van der Waals surface area contributed by atoms with E-state index >= 15 is 0 Å². The molecule has 0 aliphatic carbocycles. The van der Waals surface area contributed by atoms with Crippen LogP contribution in [0.25, 0.3) is 0 Å². The van der Waals surface area contributed by atoms with Gasteiger partial charge in [0.1, 0.15) is 5.54 Å². The van der Waals surface area contributed by atoms with Gasteiger partial charge < -0.3 is 15.0 Å². The Kier molecular flexibility index (Phi) is 4.02. The second kappa shape index (κ2) is 5.21. The second-order valence-corrected chi connectivity index (χ2v) is 5.93. The van der Waals surface area contributed by atoms with E-state index in [0.29, 0.717) is 6.32 Å². The molecule has 4 nitrogen and oxygen atoms in total. The Morgan fingerprint density at radius 2 is 2.11 bits per heavy atom. The third kappa shape index (κ3) is 2.43. The minimum atomic E-state index is -0.922. The van der Waals surface area contributed by atoms with Gasteiger partial charge in [-0.1, -0.05) is 26.7 Å². The van der Waals surface area contributed by atoms with Gasteiger partial charge in [0.25, 0.3) is 0 Å². The van der Waals surface area contributed by atoms with Crippen molar-refractivity contribution < 1.29 is 14.5 Å². The van der Waals surface area contributed by atoms with Gasteiger partial charge >= 0.3 is 13.1 Å². The lowest BCUT2D eigenvalue weighted by Crippen LogP contribution is -2.51. The molecule has 18 heavy (non-hydrogen) atoms. The van der Waals surface area contributed by atoms with Gasteiger partial charge in [-0.05, 0) is 37.4 Å². The van der Waals surface area contributed by atoms with E-state index in [-0.39, 0.29) is 11.4 Å². The first-order valence-corrected chi connectivity index (χ1v) is 7.20. The molecular formula is C13H24BNO3. The van der Waals surface area contributed by atoms with Crippen molar-refractivity contribution in [2.24, 2.45) is 5.41 Å². The summed E-state index contributed by atoms with van der Waals surface area (Å²) in [5.41, 5.74) is -0.337. The quantitative estimate of drug-likeness (QED) is 0.736. The Hall–Kier alpha value is -0.545. The zero-order valence-electron chi connectivity index (χ0n) is 11.5. The largest absolute Gasteiger partial charge is 0.524 e. The molecule has 0 unspecified atom stereocenters. The lowest BCUT2D eigenvalue weighted by Gasteiger charge is -2.32. The summed E-state index contributed by atoms with van der Waals surface area (Å²) in [4.78, 5) is 12.3. The van der Waals surface area contributed by atoms with Crippen LogP contribution in [-0.2, 0) is 9.45 Å². The maximum absolute atomic E-state index is 12.3. The fourth-order valence-corrected chi connectivity index (χ4v) is 3.34. The number of carbonyl (C=O) groups is 1. The summed E-state index contributed by atoms with van der Waals surface area (Å²) < 4.78 is 5.17. The van der Waals surface area contributed by atoms with E-state index in [2.05, 4.69) is 19.2 Å². The molecule has 5 heteroatoms. The first-order chi connectivity index (χ1) is 8.56. The van der Waals surface area contributed by atoms with Gasteiger partial charge in [-0.2, -0.15) is 0 Å². The van der Waals surface area contributed by atoms with Crippen LogP contribution in [0.3, 0.4) is 0 Å². The van der Waals surface area contributed by atoms with E-state index in [1.54, 1.807) is 0 Å². The molecule has 2 fully saturated rings. The van der Waals surface area contributed by atoms with Gasteiger partial charge in [0.15, 0.2) is 0 Å². The summed E-state index contributed by atoms with van der Waals surface area (Å²) in [5.74, 6) is -0.251. The van der Waals surface area contributed by atoms with Crippen molar-refractivity contribution in [3.05, 3.63) is 0 Å². The maximum atomic E-state index is 12.3. The summed E-state index contributed by atoms with van der Waals surface area (Å²) in [6, 6.07) is 0. The lowest BCUT2D eigenvalue weighted by atomic mass is 9.73. The van der Waals surface area contributed by atoms with Crippen LogP contribution in [0.2, 0.25) is 6.32 Å². The monoisotopic (exact) mass is 253 g/mol. The first-order valence-electron chi connectivity index (χ1n) is 7.20. The number of hydrogen-bond donors (Lipinski definition) is 2. The van der Waals surface area contributed by atoms with Crippen molar-refractivity contribution in [2.45, 2.75) is 64.2 Å². The van der Waals surface area contributed by atoms with Crippen LogP contribution >= 0.6 is 0 Å². The molecule has 2 heterocycles. The average molecular weight is 253 g/mol. The summed E-state index contributed by atoms with van der Waals surface area (Å²) in [7, 11) is -0.922. The van der Waals surface area contributed by atoms with E-state index in [0.717, 1.165) is 45.1 Å². The molecule has 0 saturated carbocycles. The highest BCUT2D eigenvalue weighted by molar-refractivity contribution is 6.45. The van der Waals surface area contributed by atoms with E-state index < -0.39 is 12.7 Å². The molecule has 2 aliphatic rings. The van der Waals surface area contributed by atoms with E-state index in [1.165, 1.54) is 0 Å². The van der Waals surface area contributed by atoms with Crippen LogP contribution in [0.5, 0.6) is 0 Å². The summed E-state index contributed by atoms with van der Waals surface area (Å²) in [5, 5.41) is 13.0. The fourth-order valence-electron chi connectivity index (χ4n) is 3.34. The Morgan fingerprint density at radius 3 is 2.72 bits per heavy atom. The van der Waals surface area contributed by atoms with Crippen molar-refractivity contribution in [1.29, 1.82) is 0 Å². The Bertz CT molecular complexity index is 319. The van der Waals surface area contributed by atoms with Gasteiger partial charge in [0.2, 0.25) is 0 Å². The zero-order valence-corrected chi connectivity index (χ0v) is 11.5. The third-order valence-electron chi connectivity index (χ3n) is 4.92. The highest BCUT2D eigenvalue weighted by Gasteiger charge is 2.52. The third-order valence-corrected chi connectivity index (χ3v) is 4.92. The predicted molar refractivity (Wildman–Crippen MR) is 71.1 cm³/mol. The minimum absolute atomic E-state index is 0.211. The standard InChI is InChI=1S/C13H24BNO3/c1-3-12(4-2)9-13(15-10-12)7-5-6-8-14(17)18-11(13)16/h15,17H,3-10H2,1-2H3/t13-/m1/s1. The summed E-state index contributed by atoms with van der Waals surface area (Å²) in [6.07, 6.45) is 6.29. The van der Waals surface area contributed by atoms with Gasteiger partial charge in [-0.15, -0.1) is 0 Å². The van der Waals surface area contributed by atoms with Gasteiger partial charge in [-0.3, -0.25) is 4.79 Å². The highest BCUT2D eigenvalue weighted by Crippen LogP contribution is 2.43. The fraction of sp³-hybridized carbons (Fsp3) is 0.923. The first kappa shape index (κ1) is 13.9. The Labute approximate surface area is 110 Å².